The number of sulfonamides is 1. The Hall–Kier alpha value is -2.78. The van der Waals surface area contributed by atoms with Gasteiger partial charge in [-0.15, -0.1) is 0 Å². The van der Waals surface area contributed by atoms with Crippen LogP contribution in [0, 0.1) is 12.8 Å². The lowest BCUT2D eigenvalue weighted by atomic mass is 10.1. The van der Waals surface area contributed by atoms with Crippen LogP contribution in [0.25, 0.3) is 0 Å². The van der Waals surface area contributed by atoms with Crippen molar-refractivity contribution in [2.75, 3.05) is 30.8 Å². The number of nitrogens with one attached hydrogen (secondary N) is 1. The van der Waals surface area contributed by atoms with Gasteiger partial charge in [-0.2, -0.15) is 0 Å². The van der Waals surface area contributed by atoms with Crippen molar-refractivity contribution in [2.45, 2.75) is 40.3 Å². The number of benzene rings is 2. The number of hydrogen-bond donors (Lipinski definition) is 1. The Morgan fingerprint density at radius 2 is 1.71 bits per heavy atom. The van der Waals surface area contributed by atoms with Gasteiger partial charge in [-0.25, -0.2) is 8.42 Å². The van der Waals surface area contributed by atoms with E-state index >= 15 is 0 Å². The monoisotopic (exact) mass is 523 g/mol. The molecule has 0 radical (unpaired) electrons. The summed E-state index contributed by atoms with van der Waals surface area (Å²) in [5, 5.41) is 3.24. The number of methoxy groups -OCH3 is 1. The van der Waals surface area contributed by atoms with Gasteiger partial charge in [0.05, 0.1) is 19.1 Å². The molecule has 192 valence electrons. The number of anilines is 1. The average molecular weight is 524 g/mol. The van der Waals surface area contributed by atoms with E-state index in [2.05, 4.69) is 5.32 Å². The highest BCUT2D eigenvalue weighted by molar-refractivity contribution is 7.92. The standard InChI is InChI=1S/C25H34ClN3O5S/c1-17(2)14-27-25(31)19(4)28(15-20-10-12-21(34-5)13-11-20)24(30)16-29(35(6,32)33)23-9-7-8-22(26)18(23)3/h7-13,17,19H,14-16H2,1-6H3,(H,27,31)/t19-/m0/s1. The van der Waals surface area contributed by atoms with E-state index in [0.29, 0.717) is 28.6 Å². The summed E-state index contributed by atoms with van der Waals surface area (Å²) in [5.74, 6) is 0.0701. The van der Waals surface area contributed by atoms with E-state index in [1.807, 2.05) is 13.8 Å². The van der Waals surface area contributed by atoms with Crippen LogP contribution in [-0.2, 0) is 26.2 Å². The Morgan fingerprint density at radius 3 is 2.26 bits per heavy atom. The first kappa shape index (κ1) is 28.5. The van der Waals surface area contributed by atoms with Crippen molar-refractivity contribution in [3.8, 4) is 5.75 Å². The summed E-state index contributed by atoms with van der Waals surface area (Å²) in [5.41, 5.74) is 1.62. The van der Waals surface area contributed by atoms with Gasteiger partial charge in [0.25, 0.3) is 0 Å². The molecular formula is C25H34ClN3O5S. The summed E-state index contributed by atoms with van der Waals surface area (Å²) in [7, 11) is -2.27. The number of carbonyl (C=O) groups is 2. The summed E-state index contributed by atoms with van der Waals surface area (Å²) >= 11 is 6.21. The predicted molar refractivity (Wildman–Crippen MR) is 139 cm³/mol. The van der Waals surface area contributed by atoms with E-state index in [4.69, 9.17) is 16.3 Å². The number of rotatable bonds is 11. The van der Waals surface area contributed by atoms with Crippen molar-refractivity contribution >= 4 is 39.1 Å². The van der Waals surface area contributed by atoms with Crippen molar-refractivity contribution in [1.29, 1.82) is 0 Å². The molecule has 2 aromatic carbocycles. The number of nitrogens with zero attached hydrogens (tertiary/aromatic N) is 2. The van der Waals surface area contributed by atoms with Gasteiger partial charge >= 0.3 is 0 Å². The average Bonchev–Trinajstić information content (AvgIpc) is 2.80. The zero-order valence-corrected chi connectivity index (χ0v) is 22.6. The first-order chi connectivity index (χ1) is 16.3. The van der Waals surface area contributed by atoms with E-state index < -0.39 is 28.5 Å². The minimum absolute atomic E-state index is 0.116. The van der Waals surface area contributed by atoms with Crippen LogP contribution in [-0.4, -0.2) is 57.6 Å². The topological polar surface area (TPSA) is 96.0 Å². The molecule has 0 unspecified atom stereocenters. The van der Waals surface area contributed by atoms with Gasteiger partial charge in [-0.3, -0.25) is 13.9 Å². The molecule has 8 nitrogen and oxygen atoms in total. The van der Waals surface area contributed by atoms with Crippen LogP contribution in [0.5, 0.6) is 5.75 Å². The Bertz CT molecular complexity index is 1140. The van der Waals surface area contributed by atoms with Gasteiger partial charge in [-0.1, -0.05) is 43.6 Å². The summed E-state index contributed by atoms with van der Waals surface area (Å²) in [4.78, 5) is 27.8. The van der Waals surface area contributed by atoms with Gasteiger partial charge in [-0.05, 0) is 55.2 Å². The zero-order chi connectivity index (χ0) is 26.3. The van der Waals surface area contributed by atoms with Crippen LogP contribution < -0.4 is 14.4 Å². The molecule has 1 atom stereocenters. The molecule has 0 saturated carbocycles. The summed E-state index contributed by atoms with van der Waals surface area (Å²) in [6, 6.07) is 11.2. The lowest BCUT2D eigenvalue weighted by Gasteiger charge is -2.32. The van der Waals surface area contributed by atoms with E-state index in [9.17, 15) is 18.0 Å². The molecule has 0 heterocycles. The molecule has 0 spiro atoms. The Morgan fingerprint density at radius 1 is 1.09 bits per heavy atom. The highest BCUT2D eigenvalue weighted by Gasteiger charge is 2.30. The molecule has 0 aliphatic rings. The molecule has 2 amide bonds. The van der Waals surface area contributed by atoms with Gasteiger partial charge in [0.1, 0.15) is 18.3 Å². The summed E-state index contributed by atoms with van der Waals surface area (Å²) in [6.07, 6.45) is 1.03. The maximum atomic E-state index is 13.6. The first-order valence-electron chi connectivity index (χ1n) is 11.3. The van der Waals surface area contributed by atoms with Crippen LogP contribution in [0.2, 0.25) is 5.02 Å². The second-order valence-electron chi connectivity index (χ2n) is 8.84. The van der Waals surface area contributed by atoms with Crippen LogP contribution in [0.4, 0.5) is 5.69 Å². The molecular weight excluding hydrogens is 490 g/mol. The predicted octanol–water partition coefficient (Wildman–Crippen LogP) is 3.61. The molecule has 0 saturated heterocycles. The van der Waals surface area contributed by atoms with E-state index in [0.717, 1.165) is 16.1 Å². The maximum Gasteiger partial charge on any atom is 0.244 e. The quantitative estimate of drug-likeness (QED) is 0.485. The van der Waals surface area contributed by atoms with Crippen molar-refractivity contribution in [3.63, 3.8) is 0 Å². The lowest BCUT2D eigenvalue weighted by molar-refractivity contribution is -0.139. The molecule has 2 rings (SSSR count). The fraction of sp³-hybridized carbons (Fsp3) is 0.440. The molecule has 0 fully saturated rings. The van der Waals surface area contributed by atoms with Crippen molar-refractivity contribution in [3.05, 3.63) is 58.6 Å². The van der Waals surface area contributed by atoms with Gasteiger partial charge in [0.15, 0.2) is 0 Å². The SMILES string of the molecule is COc1ccc(CN(C(=O)CN(c2cccc(Cl)c2C)S(C)(=O)=O)[C@@H](C)C(=O)NCC(C)C)cc1. The van der Waals surface area contributed by atoms with E-state index in [1.165, 1.54) is 4.90 Å². The lowest BCUT2D eigenvalue weighted by Crippen LogP contribution is -2.51. The maximum absolute atomic E-state index is 13.6. The van der Waals surface area contributed by atoms with Gasteiger partial charge in [0.2, 0.25) is 21.8 Å². The number of hydrogen-bond acceptors (Lipinski definition) is 5. The Balaban J connectivity index is 2.40. The Kier molecular flexibility index (Phi) is 9.97. The third kappa shape index (κ3) is 7.86. The van der Waals surface area contributed by atoms with Crippen molar-refractivity contribution in [2.24, 2.45) is 5.92 Å². The molecule has 0 aliphatic carbocycles. The normalized spacial score (nSPS) is 12.2. The van der Waals surface area contributed by atoms with Crippen LogP contribution in [0.15, 0.2) is 42.5 Å². The molecule has 0 aliphatic heterocycles. The minimum Gasteiger partial charge on any atom is -0.497 e. The molecule has 35 heavy (non-hydrogen) atoms. The third-order valence-electron chi connectivity index (χ3n) is 5.55. The second kappa shape index (κ2) is 12.3. The molecule has 0 aromatic heterocycles. The fourth-order valence-corrected chi connectivity index (χ4v) is 4.49. The van der Waals surface area contributed by atoms with E-state index in [1.54, 1.807) is 63.4 Å². The first-order valence-corrected chi connectivity index (χ1v) is 13.5. The smallest absolute Gasteiger partial charge is 0.244 e. The summed E-state index contributed by atoms with van der Waals surface area (Å²) in [6.45, 7) is 7.38. The largest absolute Gasteiger partial charge is 0.497 e. The van der Waals surface area contributed by atoms with Gasteiger partial charge in [0, 0.05) is 18.1 Å². The van der Waals surface area contributed by atoms with Crippen LogP contribution in [0.3, 0.4) is 0 Å². The number of halogens is 1. The van der Waals surface area contributed by atoms with Crippen LogP contribution >= 0.6 is 11.6 Å². The molecule has 2 aromatic rings. The van der Waals surface area contributed by atoms with Gasteiger partial charge < -0.3 is 15.0 Å². The number of ether oxygens (including phenoxy) is 1. The summed E-state index contributed by atoms with van der Waals surface area (Å²) < 4.78 is 31.6. The minimum atomic E-state index is -3.82. The van der Waals surface area contributed by atoms with Crippen molar-refractivity contribution < 1.29 is 22.7 Å². The molecule has 10 heteroatoms. The highest BCUT2D eigenvalue weighted by atomic mass is 35.5. The molecule has 0 bridgehead atoms. The Labute approximate surface area is 213 Å². The number of carbonyl (C=O) groups excluding carboxylic acids is 2. The number of amides is 2. The molecule has 1 N–H and O–H groups in total. The van der Waals surface area contributed by atoms with Crippen molar-refractivity contribution in [1.82, 2.24) is 10.2 Å². The zero-order valence-electron chi connectivity index (χ0n) is 21.0. The third-order valence-corrected chi connectivity index (χ3v) is 7.09. The van der Waals surface area contributed by atoms with Crippen LogP contribution in [0.1, 0.15) is 31.9 Å². The highest BCUT2D eigenvalue weighted by Crippen LogP contribution is 2.28. The fourth-order valence-electron chi connectivity index (χ4n) is 3.42. The second-order valence-corrected chi connectivity index (χ2v) is 11.2. The van der Waals surface area contributed by atoms with E-state index in [-0.39, 0.29) is 18.4 Å².